The fourth-order valence-electron chi connectivity index (χ4n) is 2.77. The molecule has 0 aliphatic heterocycles. The molecule has 0 unspecified atom stereocenters. The lowest BCUT2D eigenvalue weighted by molar-refractivity contribution is -0.116. The van der Waals surface area contributed by atoms with Gasteiger partial charge in [0, 0.05) is 18.1 Å². The van der Waals surface area contributed by atoms with Gasteiger partial charge >= 0.3 is 0 Å². The third-order valence-corrected chi connectivity index (χ3v) is 4.45. The van der Waals surface area contributed by atoms with E-state index in [4.69, 9.17) is 11.6 Å². The topological polar surface area (TPSA) is 46.9 Å². The van der Waals surface area contributed by atoms with Crippen LogP contribution in [0.1, 0.15) is 32.6 Å². The molecular formula is C21H22ClN3O. The first-order valence-electron chi connectivity index (χ1n) is 8.89. The first-order chi connectivity index (χ1) is 12.7. The van der Waals surface area contributed by atoms with Crippen molar-refractivity contribution in [3.63, 3.8) is 0 Å². The number of benzene rings is 2. The second-order valence-corrected chi connectivity index (χ2v) is 6.56. The fraction of sp³-hybridized carbons (Fsp3) is 0.238. The number of amides is 1. The van der Waals surface area contributed by atoms with E-state index in [1.54, 1.807) is 4.68 Å². The lowest BCUT2D eigenvalue weighted by atomic mass is 10.1. The van der Waals surface area contributed by atoms with Crippen molar-refractivity contribution in [1.82, 2.24) is 9.78 Å². The van der Waals surface area contributed by atoms with Crippen LogP contribution in [0.5, 0.6) is 0 Å². The van der Waals surface area contributed by atoms with Crippen LogP contribution in [-0.2, 0) is 4.79 Å². The van der Waals surface area contributed by atoms with Gasteiger partial charge in [0.25, 0.3) is 0 Å². The van der Waals surface area contributed by atoms with E-state index in [1.165, 1.54) is 0 Å². The Hall–Kier alpha value is -2.59. The Kier molecular flexibility index (Phi) is 6.08. The summed E-state index contributed by atoms with van der Waals surface area (Å²) in [6.07, 6.45) is 3.52. The summed E-state index contributed by atoms with van der Waals surface area (Å²) in [6, 6.07) is 19.2. The minimum Gasteiger partial charge on any atom is -0.311 e. The molecule has 0 atom stereocenters. The maximum atomic E-state index is 12.3. The van der Waals surface area contributed by atoms with Crippen LogP contribution < -0.4 is 5.32 Å². The number of hydrogen-bond acceptors (Lipinski definition) is 2. The monoisotopic (exact) mass is 367 g/mol. The Balaban J connectivity index is 1.94. The highest BCUT2D eigenvalue weighted by molar-refractivity contribution is 6.32. The first kappa shape index (κ1) is 18.2. The normalized spacial score (nSPS) is 10.7. The maximum Gasteiger partial charge on any atom is 0.225 e. The Labute approximate surface area is 158 Å². The number of hydrogen-bond donors (Lipinski definition) is 1. The summed E-state index contributed by atoms with van der Waals surface area (Å²) in [5.74, 6) is 0.615. The van der Waals surface area contributed by atoms with Gasteiger partial charge in [0.05, 0.1) is 16.4 Å². The van der Waals surface area contributed by atoms with Gasteiger partial charge in [0.1, 0.15) is 5.82 Å². The highest BCUT2D eigenvalue weighted by Gasteiger charge is 2.15. The van der Waals surface area contributed by atoms with E-state index in [1.807, 2.05) is 60.7 Å². The zero-order valence-corrected chi connectivity index (χ0v) is 15.5. The SMILES string of the molecule is CCCCCC(=O)Nc1cc(-c2ccccc2)nn1-c1ccccc1Cl. The molecule has 26 heavy (non-hydrogen) atoms. The van der Waals surface area contributed by atoms with Gasteiger partial charge in [-0.3, -0.25) is 4.79 Å². The van der Waals surface area contributed by atoms with Crippen molar-refractivity contribution in [3.05, 3.63) is 65.7 Å². The second kappa shape index (κ2) is 8.68. The third kappa shape index (κ3) is 4.33. The van der Waals surface area contributed by atoms with Crippen LogP contribution in [0, 0.1) is 0 Å². The number of carbonyl (C=O) groups is 1. The van der Waals surface area contributed by atoms with Gasteiger partial charge in [0.2, 0.25) is 5.91 Å². The van der Waals surface area contributed by atoms with E-state index in [9.17, 15) is 4.79 Å². The standard InChI is InChI=1S/C21H22ClN3O/c1-2-3-5-14-21(26)23-20-15-18(16-10-6-4-7-11-16)24-25(20)19-13-9-8-12-17(19)22/h4,6-13,15H,2-3,5,14H2,1H3,(H,23,26). The molecule has 0 saturated carbocycles. The van der Waals surface area contributed by atoms with E-state index in [2.05, 4.69) is 17.3 Å². The fourth-order valence-corrected chi connectivity index (χ4v) is 2.98. The molecular weight excluding hydrogens is 346 g/mol. The first-order valence-corrected chi connectivity index (χ1v) is 9.27. The lowest BCUT2D eigenvalue weighted by Gasteiger charge is -2.10. The number of anilines is 1. The molecule has 3 rings (SSSR count). The van der Waals surface area contributed by atoms with Crippen molar-refractivity contribution < 1.29 is 4.79 Å². The summed E-state index contributed by atoms with van der Waals surface area (Å²) in [4.78, 5) is 12.3. The summed E-state index contributed by atoms with van der Waals surface area (Å²) < 4.78 is 1.70. The zero-order chi connectivity index (χ0) is 18.4. The number of nitrogens with zero attached hydrogens (tertiary/aromatic N) is 2. The smallest absolute Gasteiger partial charge is 0.225 e. The van der Waals surface area contributed by atoms with E-state index < -0.39 is 0 Å². The van der Waals surface area contributed by atoms with Crippen molar-refractivity contribution in [2.45, 2.75) is 32.6 Å². The Morgan fingerprint density at radius 1 is 1.08 bits per heavy atom. The third-order valence-electron chi connectivity index (χ3n) is 4.13. The summed E-state index contributed by atoms with van der Waals surface area (Å²) in [6.45, 7) is 2.12. The molecule has 0 aliphatic rings. The van der Waals surface area contributed by atoms with E-state index in [0.29, 0.717) is 17.3 Å². The van der Waals surface area contributed by atoms with Crippen LogP contribution >= 0.6 is 11.6 Å². The molecule has 1 amide bonds. The Morgan fingerprint density at radius 2 is 1.81 bits per heavy atom. The van der Waals surface area contributed by atoms with Crippen molar-refractivity contribution >= 4 is 23.3 Å². The van der Waals surface area contributed by atoms with Crippen LogP contribution in [-0.4, -0.2) is 15.7 Å². The molecule has 5 heteroatoms. The molecule has 0 aliphatic carbocycles. The molecule has 1 aromatic heterocycles. The van der Waals surface area contributed by atoms with Gasteiger partial charge in [-0.2, -0.15) is 5.10 Å². The minimum atomic E-state index is -0.00809. The van der Waals surface area contributed by atoms with E-state index in [0.717, 1.165) is 36.2 Å². The second-order valence-electron chi connectivity index (χ2n) is 6.15. The number of para-hydroxylation sites is 1. The van der Waals surface area contributed by atoms with Crippen LogP contribution in [0.3, 0.4) is 0 Å². The average Bonchev–Trinajstić information content (AvgIpc) is 3.06. The molecule has 1 N–H and O–H groups in total. The summed E-state index contributed by atoms with van der Waals surface area (Å²) in [5.41, 5.74) is 2.51. The van der Waals surface area contributed by atoms with Gasteiger partial charge in [0.15, 0.2) is 0 Å². The van der Waals surface area contributed by atoms with Gasteiger partial charge in [-0.15, -0.1) is 0 Å². The molecule has 0 saturated heterocycles. The summed E-state index contributed by atoms with van der Waals surface area (Å²) in [5, 5.41) is 8.25. The number of carbonyl (C=O) groups excluding carboxylic acids is 1. The van der Waals surface area contributed by atoms with Gasteiger partial charge in [-0.25, -0.2) is 4.68 Å². The predicted molar refractivity (Wildman–Crippen MR) is 107 cm³/mol. The highest BCUT2D eigenvalue weighted by Crippen LogP contribution is 2.28. The van der Waals surface area contributed by atoms with Gasteiger partial charge in [-0.05, 0) is 18.6 Å². The molecule has 2 aromatic carbocycles. The minimum absolute atomic E-state index is 0.00809. The summed E-state index contributed by atoms with van der Waals surface area (Å²) in [7, 11) is 0. The number of halogens is 1. The Morgan fingerprint density at radius 3 is 2.54 bits per heavy atom. The predicted octanol–water partition coefficient (Wildman–Crippen LogP) is 5.71. The van der Waals surface area contributed by atoms with Crippen molar-refractivity contribution in [1.29, 1.82) is 0 Å². The highest BCUT2D eigenvalue weighted by atomic mass is 35.5. The number of nitrogens with one attached hydrogen (secondary N) is 1. The molecule has 134 valence electrons. The van der Waals surface area contributed by atoms with Gasteiger partial charge < -0.3 is 5.32 Å². The quantitative estimate of drug-likeness (QED) is 0.543. The largest absolute Gasteiger partial charge is 0.311 e. The molecule has 0 bridgehead atoms. The number of rotatable bonds is 7. The lowest BCUT2D eigenvalue weighted by Crippen LogP contribution is -2.14. The molecule has 3 aromatic rings. The van der Waals surface area contributed by atoms with Crippen molar-refractivity contribution in [2.24, 2.45) is 0 Å². The molecule has 4 nitrogen and oxygen atoms in total. The molecule has 1 heterocycles. The van der Waals surface area contributed by atoms with Gasteiger partial charge in [-0.1, -0.05) is 73.8 Å². The molecule has 0 fully saturated rings. The summed E-state index contributed by atoms with van der Waals surface area (Å²) >= 11 is 6.35. The van der Waals surface area contributed by atoms with Crippen LogP contribution in [0.4, 0.5) is 5.82 Å². The number of unbranched alkanes of at least 4 members (excludes halogenated alkanes) is 2. The van der Waals surface area contributed by atoms with E-state index in [-0.39, 0.29) is 5.91 Å². The van der Waals surface area contributed by atoms with Crippen LogP contribution in [0.2, 0.25) is 5.02 Å². The Bertz CT molecular complexity index is 874. The number of aromatic nitrogens is 2. The van der Waals surface area contributed by atoms with Crippen molar-refractivity contribution in [3.8, 4) is 16.9 Å². The van der Waals surface area contributed by atoms with Crippen molar-refractivity contribution in [2.75, 3.05) is 5.32 Å². The molecule has 0 radical (unpaired) electrons. The molecule has 0 spiro atoms. The van der Waals surface area contributed by atoms with Crippen LogP contribution in [0.25, 0.3) is 16.9 Å². The van der Waals surface area contributed by atoms with E-state index >= 15 is 0 Å². The maximum absolute atomic E-state index is 12.3. The van der Waals surface area contributed by atoms with Crippen LogP contribution in [0.15, 0.2) is 60.7 Å². The average molecular weight is 368 g/mol. The zero-order valence-electron chi connectivity index (χ0n) is 14.8.